The summed E-state index contributed by atoms with van der Waals surface area (Å²) in [4.78, 5) is 13.7. The smallest absolute Gasteiger partial charge is 0.223 e. The second-order valence-corrected chi connectivity index (χ2v) is 6.18. The summed E-state index contributed by atoms with van der Waals surface area (Å²) in [5.74, 6) is 0.841. The number of halogens is 2. The minimum atomic E-state index is -0.272. The molecule has 1 unspecified atom stereocenters. The molecule has 1 heterocycles. The molecule has 18 heavy (non-hydrogen) atoms. The van der Waals surface area contributed by atoms with Crippen LogP contribution in [-0.2, 0) is 11.3 Å². The van der Waals surface area contributed by atoms with Gasteiger partial charge in [-0.15, -0.1) is 0 Å². The van der Waals surface area contributed by atoms with Crippen LogP contribution in [0, 0.1) is 17.7 Å². The van der Waals surface area contributed by atoms with Crippen LogP contribution in [0.4, 0.5) is 4.39 Å². The molecule has 1 amide bonds. The van der Waals surface area contributed by atoms with Crippen LogP contribution in [0.1, 0.15) is 25.8 Å². The van der Waals surface area contributed by atoms with Crippen molar-refractivity contribution >= 4 is 21.8 Å². The lowest BCUT2D eigenvalue weighted by Crippen LogP contribution is -2.25. The van der Waals surface area contributed by atoms with Gasteiger partial charge in [0.25, 0.3) is 0 Å². The number of benzene rings is 1. The number of carbonyl (C=O) groups excluding carboxylic acids is 1. The van der Waals surface area contributed by atoms with Crippen LogP contribution >= 0.6 is 15.9 Å². The van der Waals surface area contributed by atoms with E-state index in [1.54, 1.807) is 0 Å². The highest BCUT2D eigenvalue weighted by molar-refractivity contribution is 9.10. The van der Waals surface area contributed by atoms with Crippen LogP contribution in [-0.4, -0.2) is 17.4 Å². The van der Waals surface area contributed by atoms with Crippen LogP contribution in [0.15, 0.2) is 22.7 Å². The van der Waals surface area contributed by atoms with E-state index in [-0.39, 0.29) is 11.7 Å². The molecular weight excluding hydrogens is 297 g/mol. The summed E-state index contributed by atoms with van der Waals surface area (Å²) in [6.45, 7) is 5.56. The van der Waals surface area contributed by atoms with Crippen molar-refractivity contribution in [1.82, 2.24) is 4.90 Å². The minimum Gasteiger partial charge on any atom is -0.338 e. The van der Waals surface area contributed by atoms with Gasteiger partial charge in [0.05, 0.1) is 0 Å². The summed E-state index contributed by atoms with van der Waals surface area (Å²) in [6, 6.07) is 4.77. The molecule has 1 saturated heterocycles. The molecule has 0 spiro atoms. The Bertz CT molecular complexity index is 441. The maximum absolute atomic E-state index is 13.3. The fourth-order valence-corrected chi connectivity index (χ4v) is 2.84. The molecule has 2 rings (SSSR count). The van der Waals surface area contributed by atoms with E-state index in [9.17, 15) is 9.18 Å². The first-order chi connectivity index (χ1) is 8.45. The number of amides is 1. The van der Waals surface area contributed by atoms with Crippen molar-refractivity contribution in [3.8, 4) is 0 Å². The Morgan fingerprint density at radius 1 is 1.44 bits per heavy atom. The predicted molar refractivity (Wildman–Crippen MR) is 72.5 cm³/mol. The van der Waals surface area contributed by atoms with Crippen molar-refractivity contribution in [2.75, 3.05) is 6.54 Å². The number of likely N-dealkylation sites (tertiary alicyclic amines) is 1. The molecule has 0 aromatic heterocycles. The zero-order valence-electron chi connectivity index (χ0n) is 10.6. The van der Waals surface area contributed by atoms with Gasteiger partial charge in [-0.05, 0) is 35.6 Å². The molecule has 0 N–H and O–H groups in total. The molecule has 0 radical (unpaired) electrons. The van der Waals surface area contributed by atoms with Crippen LogP contribution in [0.3, 0.4) is 0 Å². The average Bonchev–Trinajstić information content (AvgIpc) is 2.59. The topological polar surface area (TPSA) is 20.3 Å². The second kappa shape index (κ2) is 5.39. The monoisotopic (exact) mass is 313 g/mol. The van der Waals surface area contributed by atoms with Gasteiger partial charge in [-0.25, -0.2) is 4.39 Å². The van der Waals surface area contributed by atoms with Crippen LogP contribution in [0.2, 0.25) is 0 Å². The number of hydrogen-bond acceptors (Lipinski definition) is 1. The van der Waals surface area contributed by atoms with Gasteiger partial charge in [-0.1, -0.05) is 29.8 Å². The third-order valence-corrected chi connectivity index (χ3v) is 3.94. The molecule has 98 valence electrons. The van der Waals surface area contributed by atoms with Crippen molar-refractivity contribution < 1.29 is 9.18 Å². The van der Waals surface area contributed by atoms with Crippen molar-refractivity contribution in [2.45, 2.75) is 26.8 Å². The normalized spacial score (nSPS) is 19.9. The fraction of sp³-hybridized carbons (Fsp3) is 0.500. The van der Waals surface area contributed by atoms with Gasteiger partial charge < -0.3 is 4.90 Å². The average molecular weight is 314 g/mol. The van der Waals surface area contributed by atoms with Gasteiger partial charge in [0.15, 0.2) is 0 Å². The summed E-state index contributed by atoms with van der Waals surface area (Å²) in [6.07, 6.45) is 0.619. The minimum absolute atomic E-state index is 0.175. The Morgan fingerprint density at radius 3 is 2.72 bits per heavy atom. The molecule has 1 aromatic rings. The van der Waals surface area contributed by atoms with Crippen molar-refractivity contribution in [3.63, 3.8) is 0 Å². The number of rotatable bonds is 3. The number of hydrogen-bond donors (Lipinski definition) is 0. The van der Waals surface area contributed by atoms with E-state index in [2.05, 4.69) is 29.8 Å². The van der Waals surface area contributed by atoms with Gasteiger partial charge in [0, 0.05) is 24.0 Å². The molecule has 1 aromatic carbocycles. The second-order valence-electron chi connectivity index (χ2n) is 5.26. The zero-order valence-corrected chi connectivity index (χ0v) is 12.2. The maximum Gasteiger partial charge on any atom is 0.223 e. The maximum atomic E-state index is 13.3. The van der Waals surface area contributed by atoms with Gasteiger partial charge >= 0.3 is 0 Å². The predicted octanol–water partition coefficient (Wildman–Crippen LogP) is 3.59. The summed E-state index contributed by atoms with van der Waals surface area (Å²) >= 11 is 3.27. The molecule has 1 atom stereocenters. The molecule has 1 aliphatic heterocycles. The molecule has 0 bridgehead atoms. The Morgan fingerprint density at radius 2 is 2.17 bits per heavy atom. The Balaban J connectivity index is 2.08. The molecule has 1 fully saturated rings. The summed E-state index contributed by atoms with van der Waals surface area (Å²) in [5.41, 5.74) is 0.833. The molecule has 1 aliphatic rings. The van der Waals surface area contributed by atoms with Crippen LogP contribution < -0.4 is 0 Å². The van der Waals surface area contributed by atoms with Crippen LogP contribution in [0.5, 0.6) is 0 Å². The highest BCUT2D eigenvalue weighted by atomic mass is 79.9. The zero-order chi connectivity index (χ0) is 13.3. The van der Waals surface area contributed by atoms with Crippen molar-refractivity contribution in [1.29, 1.82) is 0 Å². The molecule has 2 nitrogen and oxygen atoms in total. The number of carbonyl (C=O) groups is 1. The summed E-state index contributed by atoms with van der Waals surface area (Å²) in [7, 11) is 0. The first-order valence-corrected chi connectivity index (χ1v) is 6.97. The largest absolute Gasteiger partial charge is 0.338 e. The highest BCUT2D eigenvalue weighted by Crippen LogP contribution is 2.26. The molecule has 0 saturated carbocycles. The highest BCUT2D eigenvalue weighted by Gasteiger charge is 2.31. The first-order valence-electron chi connectivity index (χ1n) is 6.18. The van der Waals surface area contributed by atoms with Gasteiger partial charge in [0.2, 0.25) is 5.91 Å². The first kappa shape index (κ1) is 13.5. The van der Waals surface area contributed by atoms with Crippen molar-refractivity contribution in [3.05, 3.63) is 34.1 Å². The van der Waals surface area contributed by atoms with Gasteiger partial charge in [-0.2, -0.15) is 0 Å². The molecule has 4 heteroatoms. The van der Waals surface area contributed by atoms with E-state index in [1.807, 2.05) is 11.0 Å². The third kappa shape index (κ3) is 3.10. The van der Waals surface area contributed by atoms with E-state index in [0.29, 0.717) is 29.3 Å². The Labute approximate surface area is 115 Å². The Kier molecular flexibility index (Phi) is 4.05. The third-order valence-electron chi connectivity index (χ3n) is 3.48. The quantitative estimate of drug-likeness (QED) is 0.835. The number of nitrogens with zero attached hydrogens (tertiary/aromatic N) is 1. The van der Waals surface area contributed by atoms with Gasteiger partial charge in [0.1, 0.15) is 5.82 Å². The summed E-state index contributed by atoms with van der Waals surface area (Å²) < 4.78 is 14.0. The van der Waals surface area contributed by atoms with E-state index in [4.69, 9.17) is 0 Å². The van der Waals surface area contributed by atoms with E-state index < -0.39 is 0 Å². The Hall–Kier alpha value is -0.900. The standard InChI is InChI=1S/C14H17BrFNO/c1-9(2)11-5-14(18)17(8-11)7-10-3-12(15)6-13(16)4-10/h3-4,6,9,11H,5,7-8H2,1-2H3. The van der Waals surface area contributed by atoms with Gasteiger partial charge in [-0.3, -0.25) is 4.79 Å². The molecule has 0 aliphatic carbocycles. The van der Waals surface area contributed by atoms with Crippen molar-refractivity contribution in [2.24, 2.45) is 11.8 Å². The van der Waals surface area contributed by atoms with E-state index in [0.717, 1.165) is 12.1 Å². The van der Waals surface area contributed by atoms with E-state index >= 15 is 0 Å². The van der Waals surface area contributed by atoms with E-state index in [1.165, 1.54) is 12.1 Å². The molecular formula is C14H17BrFNO. The lowest BCUT2D eigenvalue weighted by molar-refractivity contribution is -0.128. The van der Waals surface area contributed by atoms with Crippen LogP contribution in [0.25, 0.3) is 0 Å². The SMILES string of the molecule is CC(C)C1CC(=O)N(Cc2cc(F)cc(Br)c2)C1. The fourth-order valence-electron chi connectivity index (χ4n) is 2.32. The lowest BCUT2D eigenvalue weighted by atomic mass is 9.95. The lowest BCUT2D eigenvalue weighted by Gasteiger charge is -2.18. The summed E-state index contributed by atoms with van der Waals surface area (Å²) in [5, 5.41) is 0.